The van der Waals surface area contributed by atoms with Crippen LogP contribution in [0.15, 0.2) is 70.5 Å². The van der Waals surface area contributed by atoms with Gasteiger partial charge in [0.1, 0.15) is 0 Å². The van der Waals surface area contributed by atoms with E-state index in [0.29, 0.717) is 9.79 Å². The van der Waals surface area contributed by atoms with Gasteiger partial charge in [0.2, 0.25) is 0 Å². The Morgan fingerprint density at radius 2 is 0.923 bits per heavy atom. The van der Waals surface area contributed by atoms with Gasteiger partial charge in [-0.2, -0.15) is 0 Å². The first-order chi connectivity index (χ1) is 12.4. The third-order valence-electron chi connectivity index (χ3n) is 4.00. The monoisotopic (exact) mass is 382 g/mol. The molecule has 0 aliphatic heterocycles. The lowest BCUT2D eigenvalue weighted by Gasteiger charge is -2.12. The van der Waals surface area contributed by atoms with Gasteiger partial charge in [-0.3, -0.25) is 0 Å². The predicted molar refractivity (Wildman–Crippen MR) is 106 cm³/mol. The molecule has 0 fully saturated rings. The number of hydrogen-bond acceptors (Lipinski definition) is 4. The van der Waals surface area contributed by atoms with Gasteiger partial charge >= 0.3 is 11.9 Å². The molecule has 0 atom stereocenters. The van der Waals surface area contributed by atoms with Crippen LogP contribution < -0.4 is 0 Å². The first kappa shape index (κ1) is 18.1. The van der Waals surface area contributed by atoms with Gasteiger partial charge in [-0.15, -0.1) is 25.3 Å². The zero-order valence-corrected chi connectivity index (χ0v) is 15.2. The van der Waals surface area contributed by atoms with E-state index in [4.69, 9.17) is 10.2 Å². The number of carbonyl (C=O) groups is 2. The van der Waals surface area contributed by atoms with E-state index in [0.717, 1.165) is 22.3 Å². The van der Waals surface area contributed by atoms with Crippen LogP contribution in [0.4, 0.5) is 0 Å². The topological polar surface area (TPSA) is 74.6 Å². The zero-order valence-electron chi connectivity index (χ0n) is 13.4. The smallest absolute Gasteiger partial charge is 0.335 e. The third-order valence-corrected chi connectivity index (χ3v) is 4.74. The lowest BCUT2D eigenvalue weighted by Crippen LogP contribution is -1.96. The quantitative estimate of drug-likeness (QED) is 0.479. The second-order valence-corrected chi connectivity index (χ2v) is 6.62. The first-order valence-corrected chi connectivity index (χ1v) is 8.49. The van der Waals surface area contributed by atoms with Gasteiger partial charge < -0.3 is 10.2 Å². The van der Waals surface area contributed by atoms with Crippen LogP contribution in [-0.2, 0) is 0 Å². The van der Waals surface area contributed by atoms with E-state index in [1.54, 1.807) is 48.5 Å². The Morgan fingerprint density at radius 1 is 0.615 bits per heavy atom. The zero-order chi connectivity index (χ0) is 18.8. The molecule has 0 bridgehead atoms. The highest BCUT2D eigenvalue weighted by Gasteiger charge is 2.11. The van der Waals surface area contributed by atoms with E-state index in [-0.39, 0.29) is 11.1 Å². The van der Waals surface area contributed by atoms with Crippen LogP contribution in [0.5, 0.6) is 0 Å². The molecular formula is C20H14O4S2. The molecule has 3 rings (SSSR count). The number of benzene rings is 3. The standard InChI is InChI=1S/C20H14O4S2/c21-19(22)13-5-1-11(2-6-13)15-9-18(26)16(10-17(15)25)12-3-7-14(8-4-12)20(23)24/h1-10,25-26H,(H,21,22)(H,23,24). The fourth-order valence-electron chi connectivity index (χ4n) is 2.62. The molecule has 0 aromatic heterocycles. The molecule has 0 saturated carbocycles. The Morgan fingerprint density at radius 3 is 1.19 bits per heavy atom. The first-order valence-electron chi connectivity index (χ1n) is 7.60. The SMILES string of the molecule is O=C(O)c1ccc(-c2cc(S)c(-c3ccc(C(=O)O)cc3)cc2S)cc1. The molecule has 130 valence electrons. The van der Waals surface area contributed by atoms with E-state index < -0.39 is 11.9 Å². The van der Waals surface area contributed by atoms with Crippen molar-refractivity contribution in [3.05, 3.63) is 71.8 Å². The second-order valence-electron chi connectivity index (χ2n) is 5.65. The highest BCUT2D eigenvalue weighted by atomic mass is 32.1. The van der Waals surface area contributed by atoms with Gasteiger partial charge in [0.25, 0.3) is 0 Å². The van der Waals surface area contributed by atoms with Crippen molar-refractivity contribution in [3.63, 3.8) is 0 Å². The average molecular weight is 382 g/mol. The number of carboxylic acid groups (broad SMARTS) is 2. The number of thiol groups is 2. The maximum absolute atomic E-state index is 11.0. The number of aromatic carboxylic acids is 2. The minimum atomic E-state index is -0.974. The number of hydrogen-bond donors (Lipinski definition) is 4. The molecule has 0 unspecified atom stereocenters. The van der Waals surface area contributed by atoms with Gasteiger partial charge in [-0.25, -0.2) is 9.59 Å². The van der Waals surface area contributed by atoms with Crippen molar-refractivity contribution in [2.24, 2.45) is 0 Å². The largest absolute Gasteiger partial charge is 0.478 e. The molecular weight excluding hydrogens is 368 g/mol. The van der Waals surface area contributed by atoms with Gasteiger partial charge in [-0.05, 0) is 58.7 Å². The number of carboxylic acids is 2. The summed E-state index contributed by atoms with van der Waals surface area (Å²) in [4.78, 5) is 23.4. The highest BCUT2D eigenvalue weighted by Crippen LogP contribution is 2.36. The molecule has 0 saturated heterocycles. The van der Waals surface area contributed by atoms with E-state index in [1.807, 2.05) is 12.1 Å². The summed E-state index contributed by atoms with van der Waals surface area (Å²) < 4.78 is 0. The Bertz CT molecular complexity index is 910. The summed E-state index contributed by atoms with van der Waals surface area (Å²) in [5.41, 5.74) is 3.78. The van der Waals surface area contributed by atoms with Crippen molar-refractivity contribution in [1.29, 1.82) is 0 Å². The van der Waals surface area contributed by atoms with Gasteiger partial charge in [0.15, 0.2) is 0 Å². The molecule has 0 aliphatic carbocycles. The Balaban J connectivity index is 2.00. The molecule has 0 radical (unpaired) electrons. The van der Waals surface area contributed by atoms with Crippen LogP contribution in [0.25, 0.3) is 22.3 Å². The van der Waals surface area contributed by atoms with Crippen LogP contribution in [0.2, 0.25) is 0 Å². The Hall–Kier alpha value is -2.70. The van der Waals surface area contributed by atoms with Crippen LogP contribution in [0.1, 0.15) is 20.7 Å². The fraction of sp³-hybridized carbons (Fsp3) is 0. The summed E-state index contributed by atoms with van der Waals surface area (Å²) in [7, 11) is 0. The summed E-state index contributed by atoms with van der Waals surface area (Å²) in [6.45, 7) is 0. The third kappa shape index (κ3) is 3.61. The van der Waals surface area contributed by atoms with Crippen molar-refractivity contribution >= 4 is 37.2 Å². The lowest BCUT2D eigenvalue weighted by atomic mass is 9.98. The minimum Gasteiger partial charge on any atom is -0.478 e. The van der Waals surface area contributed by atoms with Crippen molar-refractivity contribution in [3.8, 4) is 22.3 Å². The highest BCUT2D eigenvalue weighted by molar-refractivity contribution is 7.81. The summed E-state index contributed by atoms with van der Waals surface area (Å²) in [5.74, 6) is -1.95. The lowest BCUT2D eigenvalue weighted by molar-refractivity contribution is 0.0686. The van der Waals surface area contributed by atoms with Crippen molar-refractivity contribution in [1.82, 2.24) is 0 Å². The molecule has 2 N–H and O–H groups in total. The van der Waals surface area contributed by atoms with Crippen molar-refractivity contribution in [2.45, 2.75) is 9.79 Å². The van der Waals surface area contributed by atoms with Crippen LogP contribution >= 0.6 is 25.3 Å². The van der Waals surface area contributed by atoms with Crippen LogP contribution in [0.3, 0.4) is 0 Å². The van der Waals surface area contributed by atoms with Gasteiger partial charge in [0.05, 0.1) is 11.1 Å². The van der Waals surface area contributed by atoms with Crippen molar-refractivity contribution in [2.75, 3.05) is 0 Å². The molecule has 4 nitrogen and oxygen atoms in total. The van der Waals surface area contributed by atoms with Gasteiger partial charge in [0, 0.05) is 9.79 Å². The van der Waals surface area contributed by atoms with E-state index >= 15 is 0 Å². The normalized spacial score (nSPS) is 10.5. The molecule has 0 heterocycles. The van der Waals surface area contributed by atoms with Gasteiger partial charge in [-0.1, -0.05) is 24.3 Å². The second kappa shape index (κ2) is 7.27. The van der Waals surface area contributed by atoms with Crippen LogP contribution in [-0.4, -0.2) is 22.2 Å². The molecule has 0 spiro atoms. The van der Waals surface area contributed by atoms with Crippen molar-refractivity contribution < 1.29 is 19.8 Å². The molecule has 6 heteroatoms. The predicted octanol–water partition coefficient (Wildman–Crippen LogP) is 4.99. The fourth-order valence-corrected chi connectivity index (χ4v) is 3.27. The maximum Gasteiger partial charge on any atom is 0.335 e. The molecule has 3 aromatic carbocycles. The molecule has 0 aliphatic rings. The average Bonchev–Trinajstić information content (AvgIpc) is 2.63. The summed E-state index contributed by atoms with van der Waals surface area (Å²) >= 11 is 9.10. The minimum absolute atomic E-state index is 0.218. The van der Waals surface area contributed by atoms with E-state index in [2.05, 4.69) is 25.3 Å². The molecule has 0 amide bonds. The summed E-state index contributed by atoms with van der Waals surface area (Å²) in [6.07, 6.45) is 0. The van der Waals surface area contributed by atoms with Crippen LogP contribution in [0, 0.1) is 0 Å². The number of rotatable bonds is 4. The maximum atomic E-state index is 11.0. The van der Waals surface area contributed by atoms with E-state index in [9.17, 15) is 9.59 Å². The summed E-state index contributed by atoms with van der Waals surface area (Å²) in [5, 5.41) is 18.0. The molecule has 3 aromatic rings. The summed E-state index contributed by atoms with van der Waals surface area (Å²) in [6, 6.07) is 16.8. The Kier molecular flexibility index (Phi) is 5.06. The molecule has 26 heavy (non-hydrogen) atoms. The van der Waals surface area contributed by atoms with E-state index in [1.165, 1.54) is 0 Å². The Labute approximate surface area is 160 Å².